The number of carbonyl (C=O) groups is 1. The van der Waals surface area contributed by atoms with Crippen molar-refractivity contribution in [1.29, 1.82) is 0 Å². The molecular formula is C8H16INO2. The molecule has 0 saturated carbocycles. The van der Waals surface area contributed by atoms with Gasteiger partial charge < -0.3 is 0 Å². The van der Waals surface area contributed by atoms with E-state index in [1.165, 1.54) is 0 Å². The number of hydrogen-bond donors (Lipinski definition) is 0. The summed E-state index contributed by atoms with van der Waals surface area (Å²) in [5, 5.41) is 0. The van der Waals surface area contributed by atoms with Crippen LogP contribution in [-0.4, -0.2) is 40.4 Å². The van der Waals surface area contributed by atoms with Crippen LogP contribution in [0.25, 0.3) is 0 Å². The molecule has 1 amide bonds. The van der Waals surface area contributed by atoms with Crippen LogP contribution in [0.2, 0.25) is 0 Å². The van der Waals surface area contributed by atoms with Gasteiger partial charge in [-0.3, -0.25) is 0 Å². The molecule has 72 valence electrons. The predicted octanol–water partition coefficient (Wildman–Crippen LogP) is 1.31. The van der Waals surface area contributed by atoms with E-state index in [2.05, 4.69) is 9.86 Å². The van der Waals surface area contributed by atoms with Crippen molar-refractivity contribution in [1.82, 2.24) is 4.90 Å². The molecule has 0 aromatic rings. The van der Waals surface area contributed by atoms with E-state index in [4.69, 9.17) is 3.07 Å². The van der Waals surface area contributed by atoms with Crippen molar-refractivity contribution in [3.05, 3.63) is 0 Å². The van der Waals surface area contributed by atoms with Crippen molar-refractivity contribution >= 4 is 26.1 Å². The Morgan fingerprint density at radius 1 is 1.58 bits per heavy atom. The number of halogens is 1. The SMILES string of the molecule is CI(C)OCCN1CCCC1=O. The van der Waals surface area contributed by atoms with Gasteiger partial charge in [0.15, 0.2) is 0 Å². The van der Waals surface area contributed by atoms with E-state index < -0.39 is 20.2 Å². The van der Waals surface area contributed by atoms with Crippen LogP contribution in [0.3, 0.4) is 0 Å². The van der Waals surface area contributed by atoms with Crippen LogP contribution in [0, 0.1) is 0 Å². The Morgan fingerprint density at radius 2 is 2.33 bits per heavy atom. The minimum absolute atomic E-state index is 0.297. The third-order valence-electron chi connectivity index (χ3n) is 1.83. The summed E-state index contributed by atoms with van der Waals surface area (Å²) in [5.41, 5.74) is 0. The maximum atomic E-state index is 11.1. The number of amides is 1. The van der Waals surface area contributed by atoms with E-state index in [1.54, 1.807) is 0 Å². The third-order valence-corrected chi connectivity index (χ3v) is 3.51. The second-order valence-electron chi connectivity index (χ2n) is 2.98. The molecule has 0 bridgehead atoms. The first-order valence-corrected chi connectivity index (χ1v) is 9.31. The number of nitrogens with zero attached hydrogens (tertiary/aromatic N) is 1. The zero-order valence-electron chi connectivity index (χ0n) is 7.68. The molecular weight excluding hydrogens is 269 g/mol. The Bertz CT molecular complexity index is 161. The van der Waals surface area contributed by atoms with Crippen LogP contribution >= 0.6 is 20.2 Å². The number of carbonyl (C=O) groups excluding carboxylic acids is 1. The summed E-state index contributed by atoms with van der Waals surface area (Å²) < 4.78 is 5.51. The van der Waals surface area contributed by atoms with Gasteiger partial charge >= 0.3 is 81.3 Å². The summed E-state index contributed by atoms with van der Waals surface area (Å²) >= 11 is -1.04. The van der Waals surface area contributed by atoms with Gasteiger partial charge in [0.05, 0.1) is 0 Å². The molecule has 4 heteroatoms. The molecule has 0 radical (unpaired) electrons. The van der Waals surface area contributed by atoms with Crippen molar-refractivity contribution < 1.29 is 7.86 Å². The van der Waals surface area contributed by atoms with Crippen LogP contribution in [0.1, 0.15) is 12.8 Å². The molecule has 1 heterocycles. The fourth-order valence-electron chi connectivity index (χ4n) is 1.24. The van der Waals surface area contributed by atoms with E-state index in [0.717, 1.165) is 32.5 Å². The topological polar surface area (TPSA) is 29.5 Å². The van der Waals surface area contributed by atoms with Crippen LogP contribution in [0.5, 0.6) is 0 Å². The summed E-state index contributed by atoms with van der Waals surface area (Å²) in [4.78, 5) is 17.4. The summed E-state index contributed by atoms with van der Waals surface area (Å²) in [7, 11) is 0. The van der Waals surface area contributed by atoms with Crippen LogP contribution in [0.15, 0.2) is 0 Å². The van der Waals surface area contributed by atoms with E-state index in [0.29, 0.717) is 5.91 Å². The minimum atomic E-state index is -1.04. The Morgan fingerprint density at radius 3 is 2.83 bits per heavy atom. The van der Waals surface area contributed by atoms with E-state index >= 15 is 0 Å². The molecule has 3 nitrogen and oxygen atoms in total. The van der Waals surface area contributed by atoms with Gasteiger partial charge in [-0.2, -0.15) is 0 Å². The Balaban J connectivity index is 2.10. The Kier molecular flexibility index (Phi) is 4.28. The predicted molar refractivity (Wildman–Crippen MR) is 57.6 cm³/mol. The van der Waals surface area contributed by atoms with Gasteiger partial charge in [0.1, 0.15) is 0 Å². The molecule has 0 unspecified atom stereocenters. The molecule has 0 N–H and O–H groups in total. The molecule has 1 aliphatic rings. The standard InChI is InChI=1S/C8H16INO2/c1-9(2)12-7-6-10-5-3-4-8(10)11/h3-7H2,1-2H3. The third kappa shape index (κ3) is 3.26. The quantitative estimate of drug-likeness (QED) is 0.575. The van der Waals surface area contributed by atoms with Crippen LogP contribution < -0.4 is 0 Å². The Hall–Kier alpha value is 0.160. The monoisotopic (exact) mass is 285 g/mol. The van der Waals surface area contributed by atoms with E-state index in [1.807, 2.05) is 4.90 Å². The average Bonchev–Trinajstić information content (AvgIpc) is 2.36. The molecule has 0 aromatic heterocycles. The van der Waals surface area contributed by atoms with Crippen LogP contribution in [-0.2, 0) is 7.86 Å². The number of alkyl halides is 2. The average molecular weight is 285 g/mol. The first-order chi connectivity index (χ1) is 5.70. The fourth-order valence-corrected chi connectivity index (χ4v) is 2.32. The molecule has 0 aliphatic carbocycles. The zero-order chi connectivity index (χ0) is 8.97. The second-order valence-corrected chi connectivity index (χ2v) is 7.53. The van der Waals surface area contributed by atoms with Gasteiger partial charge in [-0.05, 0) is 0 Å². The van der Waals surface area contributed by atoms with Gasteiger partial charge in [-0.1, -0.05) is 0 Å². The maximum absolute atomic E-state index is 11.1. The van der Waals surface area contributed by atoms with Crippen molar-refractivity contribution in [2.45, 2.75) is 12.8 Å². The number of hydrogen-bond acceptors (Lipinski definition) is 2. The van der Waals surface area contributed by atoms with Crippen LogP contribution in [0.4, 0.5) is 0 Å². The van der Waals surface area contributed by atoms with Crippen molar-refractivity contribution in [2.24, 2.45) is 0 Å². The Labute approximate surface area is 81.4 Å². The number of rotatable bonds is 4. The van der Waals surface area contributed by atoms with E-state index in [-0.39, 0.29) is 0 Å². The van der Waals surface area contributed by atoms with Gasteiger partial charge in [0.25, 0.3) is 0 Å². The zero-order valence-corrected chi connectivity index (χ0v) is 9.83. The number of likely N-dealkylation sites (tertiary alicyclic amines) is 1. The van der Waals surface area contributed by atoms with Gasteiger partial charge in [0.2, 0.25) is 0 Å². The first kappa shape index (κ1) is 10.2. The molecule has 1 fully saturated rings. The second kappa shape index (κ2) is 5.01. The van der Waals surface area contributed by atoms with E-state index in [9.17, 15) is 4.79 Å². The molecule has 1 aliphatic heterocycles. The summed E-state index contributed by atoms with van der Waals surface area (Å²) in [5.74, 6) is 0.297. The summed E-state index contributed by atoms with van der Waals surface area (Å²) in [6.07, 6.45) is 1.76. The van der Waals surface area contributed by atoms with Crippen molar-refractivity contribution in [3.63, 3.8) is 0 Å². The van der Waals surface area contributed by atoms with Gasteiger partial charge in [0, 0.05) is 0 Å². The molecule has 12 heavy (non-hydrogen) atoms. The molecule has 0 spiro atoms. The van der Waals surface area contributed by atoms with Crippen molar-refractivity contribution in [2.75, 3.05) is 29.6 Å². The normalized spacial score (nSPS) is 18.7. The molecule has 1 rings (SSSR count). The van der Waals surface area contributed by atoms with Crippen molar-refractivity contribution in [3.8, 4) is 0 Å². The van der Waals surface area contributed by atoms with Gasteiger partial charge in [-0.25, -0.2) is 0 Å². The molecule has 0 aromatic carbocycles. The van der Waals surface area contributed by atoms with Gasteiger partial charge in [-0.15, -0.1) is 0 Å². The summed E-state index contributed by atoms with van der Waals surface area (Å²) in [6, 6.07) is 0. The summed E-state index contributed by atoms with van der Waals surface area (Å²) in [6.45, 7) is 2.47. The molecule has 0 atom stereocenters. The molecule has 1 saturated heterocycles. The fraction of sp³-hybridized carbons (Fsp3) is 0.875. The first-order valence-electron chi connectivity index (χ1n) is 4.11.